The molecule has 1 aliphatic carbocycles. The molecule has 1 rings (SSSR count). The van der Waals surface area contributed by atoms with Crippen LogP contribution in [0.3, 0.4) is 0 Å². The summed E-state index contributed by atoms with van der Waals surface area (Å²) in [5, 5.41) is 0.296. The largest absolute Gasteiger partial charge is 0.127 e. The molecule has 13 heavy (non-hydrogen) atoms. The summed E-state index contributed by atoms with van der Waals surface area (Å²) in [7, 11) is 2.88. The molecule has 0 bridgehead atoms. The summed E-state index contributed by atoms with van der Waals surface area (Å²) in [5.41, 5.74) is 1.54. The van der Waals surface area contributed by atoms with Crippen molar-refractivity contribution in [3.8, 4) is 0 Å². The van der Waals surface area contributed by atoms with Gasteiger partial charge in [-0.2, -0.15) is 0 Å². The van der Waals surface area contributed by atoms with Crippen LogP contribution in [0, 0.1) is 0 Å². The van der Waals surface area contributed by atoms with Crippen LogP contribution in [0.2, 0.25) is 0 Å². The first-order valence-electron chi connectivity index (χ1n) is 5.17. The van der Waals surface area contributed by atoms with E-state index in [9.17, 15) is 0 Å². The lowest BCUT2D eigenvalue weighted by atomic mass is 9.94. The molecular weight excluding hydrogens is 175 g/mol. The number of hydrogen-bond donors (Lipinski definition) is 0. The highest BCUT2D eigenvalue weighted by Crippen LogP contribution is 2.31. The first kappa shape index (κ1) is 12.9. The van der Waals surface area contributed by atoms with Gasteiger partial charge in [0.05, 0.1) is 0 Å². The van der Waals surface area contributed by atoms with Gasteiger partial charge < -0.3 is 0 Å². The SMILES string of the molecule is CC(C)(P)C1=CC=CCC1.CCC. The molecule has 0 N–H and O–H groups in total. The zero-order valence-electron chi connectivity index (χ0n) is 9.43. The highest BCUT2D eigenvalue weighted by atomic mass is 31.0. The molecule has 0 fully saturated rings. The Bertz CT molecular complexity index is 182. The Morgan fingerprint density at radius 2 is 1.92 bits per heavy atom. The van der Waals surface area contributed by atoms with Crippen molar-refractivity contribution in [2.75, 3.05) is 0 Å². The van der Waals surface area contributed by atoms with Gasteiger partial charge in [0.25, 0.3) is 0 Å². The predicted octanol–water partition coefficient (Wildman–Crippen LogP) is 4.33. The molecule has 0 nitrogen and oxygen atoms in total. The minimum atomic E-state index is 0.296. The van der Waals surface area contributed by atoms with Crippen molar-refractivity contribution in [3.63, 3.8) is 0 Å². The minimum Gasteiger partial charge on any atom is -0.127 e. The molecule has 0 saturated heterocycles. The van der Waals surface area contributed by atoms with Crippen molar-refractivity contribution in [1.29, 1.82) is 0 Å². The average Bonchev–Trinajstić information content (AvgIpc) is 2.06. The summed E-state index contributed by atoms with van der Waals surface area (Å²) in [6.45, 7) is 8.73. The molecule has 0 radical (unpaired) electrons. The molecule has 1 unspecified atom stereocenters. The van der Waals surface area contributed by atoms with Gasteiger partial charge in [-0.3, -0.25) is 0 Å². The maximum absolute atomic E-state index is 2.88. The third-order valence-electron chi connectivity index (χ3n) is 1.84. The van der Waals surface area contributed by atoms with Crippen molar-refractivity contribution in [2.24, 2.45) is 0 Å². The Kier molecular flexibility index (Phi) is 6.33. The molecule has 0 aliphatic heterocycles. The summed E-state index contributed by atoms with van der Waals surface area (Å²) in [4.78, 5) is 0. The highest BCUT2D eigenvalue weighted by molar-refractivity contribution is 7.19. The molecule has 1 atom stereocenters. The lowest BCUT2D eigenvalue weighted by Gasteiger charge is -2.23. The van der Waals surface area contributed by atoms with Gasteiger partial charge in [0.15, 0.2) is 0 Å². The van der Waals surface area contributed by atoms with E-state index in [1.165, 1.54) is 19.3 Å². The smallest absolute Gasteiger partial charge is 0.000359 e. The average molecular weight is 198 g/mol. The summed E-state index contributed by atoms with van der Waals surface area (Å²) < 4.78 is 0. The minimum absolute atomic E-state index is 0.296. The van der Waals surface area contributed by atoms with Gasteiger partial charge in [0, 0.05) is 5.16 Å². The first-order valence-corrected chi connectivity index (χ1v) is 5.75. The van der Waals surface area contributed by atoms with E-state index in [1.807, 2.05) is 0 Å². The van der Waals surface area contributed by atoms with E-state index in [2.05, 4.69) is 55.2 Å². The van der Waals surface area contributed by atoms with Crippen LogP contribution in [-0.2, 0) is 0 Å². The molecule has 1 aliphatic rings. The van der Waals surface area contributed by atoms with Gasteiger partial charge in [-0.1, -0.05) is 57.9 Å². The fourth-order valence-electron chi connectivity index (χ4n) is 1.14. The number of hydrogen-bond acceptors (Lipinski definition) is 0. The maximum atomic E-state index is 2.88. The Balaban J connectivity index is 0.000000424. The second kappa shape index (κ2) is 6.38. The monoisotopic (exact) mass is 198 g/mol. The Labute approximate surface area is 85.7 Å². The van der Waals surface area contributed by atoms with Crippen molar-refractivity contribution in [1.82, 2.24) is 0 Å². The lowest BCUT2D eigenvalue weighted by molar-refractivity contribution is 0.759. The normalized spacial score (nSPS) is 15.9. The molecule has 1 heteroatoms. The second-order valence-electron chi connectivity index (χ2n) is 4.09. The molecule has 0 aromatic rings. The van der Waals surface area contributed by atoms with Gasteiger partial charge in [0.2, 0.25) is 0 Å². The Morgan fingerprint density at radius 3 is 2.15 bits per heavy atom. The molecule has 0 saturated carbocycles. The van der Waals surface area contributed by atoms with Crippen LogP contribution >= 0.6 is 9.24 Å². The molecule has 0 aromatic heterocycles. The van der Waals surface area contributed by atoms with Crippen LogP contribution in [0.4, 0.5) is 0 Å². The number of allylic oxidation sites excluding steroid dienone is 4. The van der Waals surface area contributed by atoms with Crippen molar-refractivity contribution >= 4 is 9.24 Å². The number of rotatable bonds is 1. The molecule has 0 aromatic carbocycles. The van der Waals surface area contributed by atoms with Crippen LogP contribution in [0.15, 0.2) is 23.8 Å². The van der Waals surface area contributed by atoms with E-state index in [4.69, 9.17) is 0 Å². The molecular formula is C12H23P. The zero-order valence-corrected chi connectivity index (χ0v) is 10.6. The molecule has 0 heterocycles. The van der Waals surface area contributed by atoms with Crippen molar-refractivity contribution in [2.45, 2.75) is 52.1 Å². The van der Waals surface area contributed by atoms with Crippen LogP contribution in [0.5, 0.6) is 0 Å². The van der Waals surface area contributed by atoms with E-state index in [0.717, 1.165) is 0 Å². The maximum Gasteiger partial charge on any atom is 0.000359 e. The zero-order chi connectivity index (χ0) is 10.3. The van der Waals surface area contributed by atoms with E-state index >= 15 is 0 Å². The van der Waals surface area contributed by atoms with Gasteiger partial charge in [0.1, 0.15) is 0 Å². The van der Waals surface area contributed by atoms with Crippen LogP contribution in [0.25, 0.3) is 0 Å². The van der Waals surface area contributed by atoms with E-state index < -0.39 is 0 Å². The van der Waals surface area contributed by atoms with Crippen LogP contribution in [-0.4, -0.2) is 5.16 Å². The third kappa shape index (κ3) is 6.05. The molecule has 0 amide bonds. The van der Waals surface area contributed by atoms with Crippen molar-refractivity contribution < 1.29 is 0 Å². The van der Waals surface area contributed by atoms with E-state index in [0.29, 0.717) is 5.16 Å². The molecule has 76 valence electrons. The summed E-state index contributed by atoms with van der Waals surface area (Å²) >= 11 is 0. The van der Waals surface area contributed by atoms with Gasteiger partial charge in [-0.25, -0.2) is 0 Å². The van der Waals surface area contributed by atoms with E-state index in [1.54, 1.807) is 5.57 Å². The van der Waals surface area contributed by atoms with E-state index in [-0.39, 0.29) is 0 Å². The quantitative estimate of drug-likeness (QED) is 0.550. The van der Waals surface area contributed by atoms with Crippen LogP contribution < -0.4 is 0 Å². The highest BCUT2D eigenvalue weighted by Gasteiger charge is 2.16. The Hall–Kier alpha value is -0.0900. The lowest BCUT2D eigenvalue weighted by Crippen LogP contribution is -2.13. The summed E-state index contributed by atoms with van der Waals surface area (Å²) in [6.07, 6.45) is 10.3. The van der Waals surface area contributed by atoms with Crippen LogP contribution in [0.1, 0.15) is 47.0 Å². The second-order valence-corrected chi connectivity index (χ2v) is 5.53. The van der Waals surface area contributed by atoms with Gasteiger partial charge >= 0.3 is 0 Å². The third-order valence-corrected chi connectivity index (χ3v) is 2.21. The standard InChI is InChI=1S/C9H15P.C3H8/c1-9(2,10)8-6-4-3-5-7-8;1-3-2/h3-4,6H,5,7,10H2,1-2H3;3H2,1-2H3. The fraction of sp³-hybridized carbons (Fsp3) is 0.667. The topological polar surface area (TPSA) is 0 Å². The Morgan fingerprint density at radius 1 is 1.38 bits per heavy atom. The molecule has 0 spiro atoms. The van der Waals surface area contributed by atoms with Crippen molar-refractivity contribution in [3.05, 3.63) is 23.8 Å². The van der Waals surface area contributed by atoms with Gasteiger partial charge in [-0.05, 0) is 12.8 Å². The summed E-state index contributed by atoms with van der Waals surface area (Å²) in [5.74, 6) is 0. The first-order chi connectivity index (χ1) is 6.02. The summed E-state index contributed by atoms with van der Waals surface area (Å²) in [6, 6.07) is 0. The predicted molar refractivity (Wildman–Crippen MR) is 66.2 cm³/mol. The fourth-order valence-corrected chi connectivity index (χ4v) is 1.38. The van der Waals surface area contributed by atoms with Gasteiger partial charge in [-0.15, -0.1) is 9.24 Å².